The van der Waals surface area contributed by atoms with Crippen molar-refractivity contribution in [3.63, 3.8) is 0 Å². The molecular formula is C10H13NOSi. The fourth-order valence-electron chi connectivity index (χ4n) is 0.983. The van der Waals surface area contributed by atoms with Crippen LogP contribution in [0.25, 0.3) is 0 Å². The van der Waals surface area contributed by atoms with Crippen molar-refractivity contribution < 1.29 is 4.43 Å². The fraction of sp³-hybridized carbons (Fsp3) is 0.300. The van der Waals surface area contributed by atoms with Crippen LogP contribution >= 0.6 is 0 Å². The molecule has 3 heteroatoms. The summed E-state index contributed by atoms with van der Waals surface area (Å²) in [6, 6.07) is 9.37. The molecule has 2 nitrogen and oxygen atoms in total. The van der Waals surface area contributed by atoms with Crippen LogP contribution in [0.5, 0.6) is 5.75 Å². The highest BCUT2D eigenvalue weighted by Crippen LogP contribution is 2.16. The maximum Gasteiger partial charge on any atom is 0.242 e. The van der Waals surface area contributed by atoms with Gasteiger partial charge in [-0.15, -0.1) is 0 Å². The number of nitrogens with zero attached hydrogens (tertiary/aromatic N) is 1. The van der Waals surface area contributed by atoms with Crippen LogP contribution in [0.1, 0.15) is 5.56 Å². The first-order valence-electron chi connectivity index (χ1n) is 4.20. The molecule has 0 spiro atoms. The summed E-state index contributed by atoms with van der Waals surface area (Å²) in [5.74, 6) is 0.804. The van der Waals surface area contributed by atoms with Crippen molar-refractivity contribution in [3.8, 4) is 11.8 Å². The number of nitriles is 1. The summed E-state index contributed by atoms with van der Waals surface area (Å²) >= 11 is 0. The Balaban J connectivity index is 2.86. The molecule has 0 aliphatic carbocycles. The van der Waals surface area contributed by atoms with Gasteiger partial charge in [-0.05, 0) is 37.8 Å². The molecule has 0 saturated carbocycles. The van der Waals surface area contributed by atoms with Gasteiger partial charge >= 0.3 is 0 Å². The molecule has 0 fully saturated rings. The summed E-state index contributed by atoms with van der Waals surface area (Å²) in [5.41, 5.74) is 0.649. The number of hydrogen-bond acceptors (Lipinski definition) is 2. The number of hydrogen-bond donors (Lipinski definition) is 0. The van der Waals surface area contributed by atoms with Gasteiger partial charge in [0.25, 0.3) is 0 Å². The second-order valence-electron chi connectivity index (χ2n) is 3.85. The molecule has 1 aromatic carbocycles. The lowest BCUT2D eigenvalue weighted by Gasteiger charge is -2.18. The zero-order valence-corrected chi connectivity index (χ0v) is 9.16. The predicted molar refractivity (Wildman–Crippen MR) is 55.1 cm³/mol. The van der Waals surface area contributed by atoms with Gasteiger partial charge in [0.05, 0.1) is 11.6 Å². The Labute approximate surface area is 79.9 Å². The maximum atomic E-state index is 8.67. The Morgan fingerprint density at radius 3 is 2.54 bits per heavy atom. The first-order valence-corrected chi connectivity index (χ1v) is 7.61. The molecule has 1 rings (SSSR count). The minimum Gasteiger partial charge on any atom is -0.544 e. The molecule has 0 bridgehead atoms. The van der Waals surface area contributed by atoms with Gasteiger partial charge in [0, 0.05) is 0 Å². The minimum absolute atomic E-state index is 0.649. The van der Waals surface area contributed by atoms with Gasteiger partial charge in [-0.1, -0.05) is 6.07 Å². The molecule has 68 valence electrons. The third-order valence-corrected chi connectivity index (χ3v) is 2.24. The Morgan fingerprint density at radius 2 is 2.00 bits per heavy atom. The van der Waals surface area contributed by atoms with Crippen molar-refractivity contribution in [1.82, 2.24) is 0 Å². The van der Waals surface area contributed by atoms with Crippen LogP contribution in [0.15, 0.2) is 24.3 Å². The van der Waals surface area contributed by atoms with E-state index in [9.17, 15) is 0 Å². The SMILES string of the molecule is C[Si](C)(C)Oc1cccc(C#N)c1. The smallest absolute Gasteiger partial charge is 0.242 e. The standard InChI is InChI=1S/C10H13NOSi/c1-13(2,3)12-10-6-4-5-9(7-10)8-11/h4-7H,1-3H3. The molecule has 0 heterocycles. The Kier molecular flexibility index (Phi) is 2.74. The van der Waals surface area contributed by atoms with Crippen molar-refractivity contribution in [1.29, 1.82) is 5.26 Å². The molecule has 0 unspecified atom stereocenters. The third-order valence-electron chi connectivity index (χ3n) is 1.39. The maximum absolute atomic E-state index is 8.67. The Hall–Kier alpha value is -1.27. The van der Waals surface area contributed by atoms with Gasteiger partial charge in [-0.3, -0.25) is 0 Å². The van der Waals surface area contributed by atoms with Crippen LogP contribution in [0, 0.1) is 11.3 Å². The summed E-state index contributed by atoms with van der Waals surface area (Å²) in [5, 5.41) is 8.67. The summed E-state index contributed by atoms with van der Waals surface area (Å²) in [4.78, 5) is 0. The van der Waals surface area contributed by atoms with E-state index in [0.29, 0.717) is 5.56 Å². The number of benzene rings is 1. The lowest BCUT2D eigenvalue weighted by molar-refractivity contribution is 0.557. The van der Waals surface area contributed by atoms with Crippen LogP contribution < -0.4 is 4.43 Å². The summed E-state index contributed by atoms with van der Waals surface area (Å²) in [7, 11) is -1.54. The molecule has 0 saturated heterocycles. The molecule has 0 amide bonds. The fourth-order valence-corrected chi connectivity index (χ4v) is 1.82. The predicted octanol–water partition coefficient (Wildman–Crippen LogP) is 2.77. The van der Waals surface area contributed by atoms with Gasteiger partial charge in [0.1, 0.15) is 5.75 Å². The molecular weight excluding hydrogens is 178 g/mol. The van der Waals surface area contributed by atoms with E-state index in [-0.39, 0.29) is 0 Å². The molecule has 1 aromatic rings. The normalized spacial score (nSPS) is 10.6. The van der Waals surface area contributed by atoms with E-state index in [2.05, 4.69) is 25.7 Å². The molecule has 0 radical (unpaired) electrons. The molecule has 13 heavy (non-hydrogen) atoms. The third kappa shape index (κ3) is 3.30. The Morgan fingerprint density at radius 1 is 1.31 bits per heavy atom. The van der Waals surface area contributed by atoms with Gasteiger partial charge in [0.2, 0.25) is 8.32 Å². The van der Waals surface area contributed by atoms with Crippen molar-refractivity contribution in [2.24, 2.45) is 0 Å². The highest BCUT2D eigenvalue weighted by atomic mass is 28.4. The van der Waals surface area contributed by atoms with Crippen LogP contribution in [0.4, 0.5) is 0 Å². The van der Waals surface area contributed by atoms with Gasteiger partial charge in [-0.25, -0.2) is 0 Å². The highest BCUT2D eigenvalue weighted by molar-refractivity contribution is 6.70. The molecule has 0 aliphatic heterocycles. The van der Waals surface area contributed by atoms with E-state index in [4.69, 9.17) is 9.69 Å². The zero-order chi connectivity index (χ0) is 9.90. The van der Waals surface area contributed by atoms with Gasteiger partial charge < -0.3 is 4.43 Å². The largest absolute Gasteiger partial charge is 0.544 e. The Bertz CT molecular complexity index is 336. The summed E-state index contributed by atoms with van der Waals surface area (Å²) in [6.45, 7) is 6.35. The van der Waals surface area contributed by atoms with E-state index in [0.717, 1.165) is 5.75 Å². The van der Waals surface area contributed by atoms with Gasteiger partial charge in [0.15, 0.2) is 0 Å². The van der Waals surface area contributed by atoms with Crippen molar-refractivity contribution in [2.75, 3.05) is 0 Å². The second-order valence-corrected chi connectivity index (χ2v) is 8.28. The average Bonchev–Trinajstić information content (AvgIpc) is 2.01. The lowest BCUT2D eigenvalue weighted by Crippen LogP contribution is -2.29. The van der Waals surface area contributed by atoms with E-state index < -0.39 is 8.32 Å². The summed E-state index contributed by atoms with van der Waals surface area (Å²) in [6.07, 6.45) is 0. The molecule has 0 atom stereocenters. The van der Waals surface area contributed by atoms with E-state index >= 15 is 0 Å². The molecule has 0 N–H and O–H groups in total. The van der Waals surface area contributed by atoms with Crippen LogP contribution in [0.2, 0.25) is 19.6 Å². The quantitative estimate of drug-likeness (QED) is 0.673. The highest BCUT2D eigenvalue weighted by Gasteiger charge is 2.15. The second kappa shape index (κ2) is 3.63. The number of rotatable bonds is 2. The zero-order valence-electron chi connectivity index (χ0n) is 8.16. The average molecular weight is 191 g/mol. The van der Waals surface area contributed by atoms with E-state index in [1.165, 1.54) is 0 Å². The molecule has 0 aliphatic rings. The summed E-state index contributed by atoms with van der Waals surface area (Å²) < 4.78 is 5.73. The monoisotopic (exact) mass is 191 g/mol. The molecule has 0 aromatic heterocycles. The van der Waals surface area contributed by atoms with Crippen molar-refractivity contribution >= 4 is 8.32 Å². The first-order chi connectivity index (χ1) is 6.01. The van der Waals surface area contributed by atoms with E-state index in [1.54, 1.807) is 12.1 Å². The van der Waals surface area contributed by atoms with Crippen LogP contribution in [-0.4, -0.2) is 8.32 Å². The van der Waals surface area contributed by atoms with Crippen LogP contribution in [0.3, 0.4) is 0 Å². The topological polar surface area (TPSA) is 33.0 Å². The van der Waals surface area contributed by atoms with Crippen molar-refractivity contribution in [2.45, 2.75) is 19.6 Å². The van der Waals surface area contributed by atoms with E-state index in [1.807, 2.05) is 12.1 Å². The lowest BCUT2D eigenvalue weighted by atomic mass is 10.2. The minimum atomic E-state index is -1.54. The van der Waals surface area contributed by atoms with Crippen LogP contribution in [-0.2, 0) is 0 Å². The van der Waals surface area contributed by atoms with Gasteiger partial charge in [-0.2, -0.15) is 5.26 Å². The van der Waals surface area contributed by atoms with Crippen molar-refractivity contribution in [3.05, 3.63) is 29.8 Å². The first kappa shape index (κ1) is 9.81.